The second-order valence-corrected chi connectivity index (χ2v) is 7.30. The Morgan fingerprint density at radius 1 is 1.03 bits per heavy atom. The van der Waals surface area contributed by atoms with Crippen LogP contribution in [0.2, 0.25) is 0 Å². The topological polar surface area (TPSA) is 89.1 Å². The fourth-order valence-corrected chi connectivity index (χ4v) is 3.47. The number of esters is 1. The van der Waals surface area contributed by atoms with E-state index in [-0.39, 0.29) is 11.3 Å². The second kappa shape index (κ2) is 10.7. The summed E-state index contributed by atoms with van der Waals surface area (Å²) in [5.74, 6) is -11.1. The van der Waals surface area contributed by atoms with Gasteiger partial charge in [-0.25, -0.2) is 13.6 Å². The molecular formula is C21H19F4N3O5S. The van der Waals surface area contributed by atoms with Gasteiger partial charge in [-0.1, -0.05) is 0 Å². The number of ether oxygens (including phenoxy) is 3. The van der Waals surface area contributed by atoms with Crippen LogP contribution in [-0.4, -0.2) is 57.5 Å². The molecule has 1 heterocycles. The highest BCUT2D eigenvalue weighted by Gasteiger charge is 2.30. The van der Waals surface area contributed by atoms with E-state index in [1.807, 2.05) is 10.2 Å². The minimum Gasteiger partial charge on any atom is -0.491 e. The third-order valence-corrected chi connectivity index (χ3v) is 5.10. The number of halogens is 4. The zero-order chi connectivity index (χ0) is 25.0. The molecule has 2 aromatic rings. The molecule has 0 aromatic heterocycles. The minimum absolute atomic E-state index is 0.160. The molecule has 1 aliphatic heterocycles. The monoisotopic (exact) mass is 501 g/mol. The first-order valence-electron chi connectivity index (χ1n) is 9.76. The molecule has 13 heteroatoms. The van der Waals surface area contributed by atoms with E-state index in [1.54, 1.807) is 6.07 Å². The number of carbonyl (C=O) groups excluding carboxylic acids is 2. The van der Waals surface area contributed by atoms with Gasteiger partial charge in [-0.2, -0.15) is 8.78 Å². The molecule has 1 saturated heterocycles. The zero-order valence-corrected chi connectivity index (χ0v) is 18.8. The number of carbonyl (C=O) groups is 2. The molecule has 1 fully saturated rings. The Kier molecular flexibility index (Phi) is 7.89. The summed E-state index contributed by atoms with van der Waals surface area (Å²) in [7, 11) is 2.01. The van der Waals surface area contributed by atoms with Crippen LogP contribution in [0.1, 0.15) is 20.7 Å². The van der Waals surface area contributed by atoms with Gasteiger partial charge in [-0.3, -0.25) is 10.1 Å². The number of rotatable bonds is 5. The van der Waals surface area contributed by atoms with E-state index in [9.17, 15) is 27.2 Å². The Morgan fingerprint density at radius 2 is 1.65 bits per heavy atom. The van der Waals surface area contributed by atoms with Crippen molar-refractivity contribution in [3.05, 3.63) is 52.6 Å². The molecule has 2 N–H and O–H groups in total. The van der Waals surface area contributed by atoms with Crippen LogP contribution >= 0.6 is 12.2 Å². The first-order chi connectivity index (χ1) is 16.2. The van der Waals surface area contributed by atoms with Crippen molar-refractivity contribution in [1.29, 1.82) is 0 Å². The number of nitrogens with one attached hydrogen (secondary N) is 2. The molecular weight excluding hydrogens is 482 g/mol. The molecule has 2 aromatic carbocycles. The molecule has 0 unspecified atom stereocenters. The Balaban J connectivity index is 1.88. The zero-order valence-electron chi connectivity index (χ0n) is 18.0. The van der Waals surface area contributed by atoms with Crippen LogP contribution < -0.4 is 20.3 Å². The number of benzene rings is 2. The van der Waals surface area contributed by atoms with Gasteiger partial charge < -0.3 is 24.4 Å². The largest absolute Gasteiger partial charge is 0.491 e. The third kappa shape index (κ3) is 5.04. The van der Waals surface area contributed by atoms with Gasteiger partial charge in [0.1, 0.15) is 5.56 Å². The summed E-state index contributed by atoms with van der Waals surface area (Å²) in [6.07, 6.45) is 0. The highest BCUT2D eigenvalue weighted by atomic mass is 32.1. The number of nitrogens with zero attached hydrogens (tertiary/aromatic N) is 1. The predicted molar refractivity (Wildman–Crippen MR) is 117 cm³/mol. The molecule has 0 spiro atoms. The van der Waals surface area contributed by atoms with Crippen molar-refractivity contribution < 1.29 is 41.4 Å². The van der Waals surface area contributed by atoms with Gasteiger partial charge in [0.15, 0.2) is 22.5 Å². The van der Waals surface area contributed by atoms with Crippen LogP contribution in [0.15, 0.2) is 18.2 Å². The van der Waals surface area contributed by atoms with Crippen molar-refractivity contribution in [2.24, 2.45) is 0 Å². The van der Waals surface area contributed by atoms with Crippen molar-refractivity contribution >= 4 is 40.6 Å². The van der Waals surface area contributed by atoms with E-state index in [0.29, 0.717) is 32.0 Å². The van der Waals surface area contributed by atoms with Crippen molar-refractivity contribution in [2.45, 2.75) is 0 Å². The molecule has 1 amide bonds. The maximum Gasteiger partial charge on any atom is 0.337 e. The van der Waals surface area contributed by atoms with Gasteiger partial charge >= 0.3 is 5.97 Å². The molecule has 3 rings (SSSR count). The van der Waals surface area contributed by atoms with Gasteiger partial charge in [-0.05, 0) is 30.4 Å². The number of hydrogen-bond acceptors (Lipinski definition) is 7. The van der Waals surface area contributed by atoms with E-state index < -0.39 is 51.6 Å². The summed E-state index contributed by atoms with van der Waals surface area (Å²) in [6.45, 7) is 1.94. The minimum atomic E-state index is -1.95. The number of hydrogen-bond donors (Lipinski definition) is 2. The standard InChI is InChI=1S/C21H19F4N3O5S/c1-31-18-16(24)14(22)13(15(23)17(18)25)19(29)27-21(34)26-11-9-10(20(30)32-2)3-4-12(11)28-5-7-33-8-6-28/h3-4,9H,5-8H2,1-2H3,(H2,26,27,29,34). The van der Waals surface area contributed by atoms with E-state index in [2.05, 4.69) is 10.1 Å². The lowest BCUT2D eigenvalue weighted by Crippen LogP contribution is -2.38. The van der Waals surface area contributed by atoms with Crippen molar-refractivity contribution in [1.82, 2.24) is 5.32 Å². The first-order valence-corrected chi connectivity index (χ1v) is 10.2. The number of thiocarbonyl (C=S) groups is 1. The van der Waals surface area contributed by atoms with E-state index in [1.165, 1.54) is 19.2 Å². The molecule has 34 heavy (non-hydrogen) atoms. The summed E-state index contributed by atoms with van der Waals surface area (Å²) in [4.78, 5) is 26.3. The highest BCUT2D eigenvalue weighted by Crippen LogP contribution is 2.30. The maximum atomic E-state index is 14.2. The van der Waals surface area contributed by atoms with Crippen molar-refractivity contribution in [2.75, 3.05) is 50.7 Å². The Morgan fingerprint density at radius 3 is 2.21 bits per heavy atom. The van der Waals surface area contributed by atoms with Crippen LogP contribution in [0.5, 0.6) is 5.75 Å². The predicted octanol–water partition coefficient (Wildman–Crippen LogP) is 3.00. The quantitative estimate of drug-likeness (QED) is 0.280. The van der Waals surface area contributed by atoms with Gasteiger partial charge in [0.05, 0.1) is 44.4 Å². The normalized spacial score (nSPS) is 13.3. The summed E-state index contributed by atoms with van der Waals surface area (Å²) >= 11 is 5.05. The van der Waals surface area contributed by atoms with Crippen molar-refractivity contribution in [3.8, 4) is 5.75 Å². The first kappa shape index (κ1) is 25.2. The maximum absolute atomic E-state index is 14.2. The van der Waals surface area contributed by atoms with Gasteiger partial charge in [0, 0.05) is 13.1 Å². The number of methoxy groups -OCH3 is 2. The van der Waals surface area contributed by atoms with Gasteiger partial charge in [-0.15, -0.1) is 0 Å². The summed E-state index contributed by atoms with van der Waals surface area (Å²) in [5, 5.41) is 4.20. The van der Waals surface area contributed by atoms with Crippen LogP contribution in [0.4, 0.5) is 28.9 Å². The van der Waals surface area contributed by atoms with Crippen LogP contribution in [0, 0.1) is 23.3 Å². The van der Waals surface area contributed by atoms with Crippen molar-refractivity contribution in [3.63, 3.8) is 0 Å². The Hall–Kier alpha value is -3.45. The van der Waals surface area contributed by atoms with Gasteiger partial charge in [0.25, 0.3) is 5.91 Å². The van der Waals surface area contributed by atoms with Gasteiger partial charge in [0.2, 0.25) is 11.6 Å². The Labute approximate surface area is 196 Å². The molecule has 1 aliphatic rings. The molecule has 182 valence electrons. The van der Waals surface area contributed by atoms with E-state index >= 15 is 0 Å². The van der Waals surface area contributed by atoms with Crippen LogP contribution in [0.3, 0.4) is 0 Å². The number of amides is 1. The third-order valence-electron chi connectivity index (χ3n) is 4.90. The average Bonchev–Trinajstić information content (AvgIpc) is 2.83. The SMILES string of the molecule is COC(=O)c1ccc(N2CCOCC2)c(NC(=S)NC(=O)c2c(F)c(F)c(OC)c(F)c2F)c1. The number of anilines is 2. The molecule has 0 saturated carbocycles. The lowest BCUT2D eigenvalue weighted by molar-refractivity contribution is 0.0600. The molecule has 0 bridgehead atoms. The lowest BCUT2D eigenvalue weighted by Gasteiger charge is -2.31. The number of morpholine rings is 1. The fourth-order valence-electron chi connectivity index (χ4n) is 3.27. The molecule has 0 atom stereocenters. The second-order valence-electron chi connectivity index (χ2n) is 6.90. The van der Waals surface area contributed by atoms with Crippen LogP contribution in [0.25, 0.3) is 0 Å². The highest BCUT2D eigenvalue weighted by molar-refractivity contribution is 7.80. The molecule has 0 aliphatic carbocycles. The van der Waals surface area contributed by atoms with E-state index in [0.717, 1.165) is 7.11 Å². The average molecular weight is 501 g/mol. The molecule has 0 radical (unpaired) electrons. The lowest BCUT2D eigenvalue weighted by atomic mass is 10.1. The fraction of sp³-hybridized carbons (Fsp3) is 0.286. The van der Waals surface area contributed by atoms with Crippen LogP contribution in [-0.2, 0) is 9.47 Å². The summed E-state index contributed by atoms with van der Waals surface area (Å²) < 4.78 is 70.7. The smallest absolute Gasteiger partial charge is 0.337 e. The Bertz CT molecular complexity index is 1110. The van der Waals surface area contributed by atoms with E-state index in [4.69, 9.17) is 21.7 Å². The summed E-state index contributed by atoms with van der Waals surface area (Å²) in [6, 6.07) is 4.55. The molecule has 8 nitrogen and oxygen atoms in total. The summed E-state index contributed by atoms with van der Waals surface area (Å²) in [5.41, 5.74) is -0.501.